The fourth-order valence-corrected chi connectivity index (χ4v) is 6.00. The van der Waals surface area contributed by atoms with Gasteiger partial charge in [-0.2, -0.15) is 4.98 Å². The number of hydrogen-bond donors (Lipinski definition) is 1. The van der Waals surface area contributed by atoms with Gasteiger partial charge in [0, 0.05) is 19.7 Å². The van der Waals surface area contributed by atoms with Crippen molar-refractivity contribution in [1.82, 2.24) is 23.7 Å². The summed E-state index contributed by atoms with van der Waals surface area (Å²) in [6.45, 7) is 7.62. The molecule has 4 aromatic rings. The van der Waals surface area contributed by atoms with Crippen LogP contribution in [0.1, 0.15) is 45.5 Å². The summed E-state index contributed by atoms with van der Waals surface area (Å²) in [5.74, 6) is 4.78. The molecule has 4 heterocycles. The average Bonchev–Trinajstić information content (AvgIpc) is 3.48. The van der Waals surface area contributed by atoms with Crippen molar-refractivity contribution in [1.29, 1.82) is 0 Å². The number of thiazole rings is 1. The monoisotopic (exact) mass is 581 g/mol. The second-order valence-electron chi connectivity index (χ2n) is 11.0. The van der Waals surface area contributed by atoms with Gasteiger partial charge in [0.1, 0.15) is 16.4 Å². The second-order valence-corrected chi connectivity index (χ2v) is 12.1. The molecule has 1 fully saturated rings. The summed E-state index contributed by atoms with van der Waals surface area (Å²) in [5, 5.41) is 0.488. The van der Waals surface area contributed by atoms with Gasteiger partial charge in [-0.25, -0.2) is 14.2 Å². The molecule has 0 bridgehead atoms. The topological polar surface area (TPSA) is 130 Å². The summed E-state index contributed by atoms with van der Waals surface area (Å²) in [5.41, 5.74) is 5.67. The number of hydrogen-bond acceptors (Lipinski definition) is 9. The molecule has 2 unspecified atom stereocenters. The number of rotatable bonds is 5. The van der Waals surface area contributed by atoms with E-state index in [0.717, 1.165) is 9.27 Å². The van der Waals surface area contributed by atoms with Gasteiger partial charge < -0.3 is 15.4 Å². The first-order chi connectivity index (χ1) is 19.4. The lowest BCUT2D eigenvalue weighted by Crippen LogP contribution is -2.55. The van der Waals surface area contributed by atoms with E-state index in [1.807, 2.05) is 0 Å². The molecule has 0 saturated carbocycles. The van der Waals surface area contributed by atoms with Gasteiger partial charge in [0.15, 0.2) is 11.2 Å². The van der Waals surface area contributed by atoms with Crippen molar-refractivity contribution in [3.63, 3.8) is 0 Å². The van der Waals surface area contributed by atoms with E-state index in [-0.39, 0.29) is 24.3 Å². The molecule has 13 heteroatoms. The molecule has 3 aromatic heterocycles. The lowest BCUT2D eigenvalue weighted by atomic mass is 9.94. The standard InChI is InChI=1S/C28H32FN7O4S/c1-6-7-12-34-21-23(32-26(34)35-13-8-9-17(22(35)30)25(38)40-28(2,3)4)33(5)27(39)36(24(21)37)15-20-31-18-14-16(29)10-11-19(18)41-20/h10-11,14,17,22H,8-9,12-13,15,30H2,1-5H3. The zero-order chi connectivity index (χ0) is 29.6. The summed E-state index contributed by atoms with van der Waals surface area (Å²) < 4.78 is 24.1. The SMILES string of the molecule is CC#CCn1c(N2CCCC(C(=O)OC(C)(C)C)C2N)nc2c1c(=O)n(Cc1nc3cc(F)ccc3s1)c(=O)n2C. The first-order valence-electron chi connectivity index (χ1n) is 13.3. The molecule has 0 amide bonds. The predicted molar refractivity (Wildman–Crippen MR) is 155 cm³/mol. The number of anilines is 1. The van der Waals surface area contributed by atoms with Crippen LogP contribution in [-0.2, 0) is 29.7 Å². The van der Waals surface area contributed by atoms with E-state index in [1.54, 1.807) is 50.3 Å². The van der Waals surface area contributed by atoms with Gasteiger partial charge in [0.2, 0.25) is 5.95 Å². The third-order valence-electron chi connectivity index (χ3n) is 6.97. The van der Waals surface area contributed by atoms with Gasteiger partial charge in [0.25, 0.3) is 5.56 Å². The van der Waals surface area contributed by atoms with Crippen molar-refractivity contribution >= 4 is 44.6 Å². The summed E-state index contributed by atoms with van der Waals surface area (Å²) in [4.78, 5) is 51.2. The zero-order valence-corrected chi connectivity index (χ0v) is 24.4. The Kier molecular flexibility index (Phi) is 7.48. The number of esters is 1. The number of benzene rings is 1. The van der Waals surface area contributed by atoms with Crippen LogP contribution in [0, 0.1) is 23.6 Å². The third-order valence-corrected chi connectivity index (χ3v) is 7.99. The van der Waals surface area contributed by atoms with Crippen LogP contribution >= 0.6 is 11.3 Å². The highest BCUT2D eigenvalue weighted by molar-refractivity contribution is 7.18. The number of nitrogens with two attached hydrogens (primary N) is 1. The fraction of sp³-hybridized carbons (Fsp3) is 0.464. The fourth-order valence-electron chi connectivity index (χ4n) is 5.06. The Morgan fingerprint density at radius 2 is 2.00 bits per heavy atom. The lowest BCUT2D eigenvalue weighted by Gasteiger charge is -2.39. The van der Waals surface area contributed by atoms with Crippen LogP contribution in [0.15, 0.2) is 27.8 Å². The minimum Gasteiger partial charge on any atom is -0.460 e. The molecule has 11 nitrogen and oxygen atoms in total. The van der Waals surface area contributed by atoms with Crippen molar-refractivity contribution in [3.8, 4) is 11.8 Å². The van der Waals surface area contributed by atoms with Crippen molar-refractivity contribution in [2.45, 2.75) is 65.4 Å². The molecule has 1 aliphatic heterocycles. The second kappa shape index (κ2) is 10.8. The normalized spacial score (nSPS) is 17.6. The van der Waals surface area contributed by atoms with E-state index >= 15 is 0 Å². The van der Waals surface area contributed by atoms with Gasteiger partial charge in [-0.15, -0.1) is 17.3 Å². The smallest absolute Gasteiger partial charge is 0.332 e. The Balaban J connectivity index is 1.61. The van der Waals surface area contributed by atoms with E-state index in [4.69, 9.17) is 15.5 Å². The Labute approximate surface area is 239 Å². The van der Waals surface area contributed by atoms with E-state index < -0.39 is 40.7 Å². The van der Waals surface area contributed by atoms with E-state index in [2.05, 4.69) is 16.8 Å². The number of carbonyl (C=O) groups excluding carboxylic acids is 1. The number of piperidine rings is 1. The van der Waals surface area contributed by atoms with Crippen LogP contribution < -0.4 is 21.9 Å². The number of imidazole rings is 1. The van der Waals surface area contributed by atoms with Crippen LogP contribution in [-0.4, -0.2) is 48.0 Å². The number of nitrogens with zero attached hydrogens (tertiary/aromatic N) is 6. The van der Waals surface area contributed by atoms with Crippen LogP contribution in [0.3, 0.4) is 0 Å². The number of ether oxygens (including phenoxy) is 1. The molecule has 41 heavy (non-hydrogen) atoms. The minimum atomic E-state index is -0.758. The number of halogens is 1. The van der Waals surface area contributed by atoms with Crippen LogP contribution in [0.2, 0.25) is 0 Å². The number of aryl methyl sites for hydroxylation is 1. The quantitative estimate of drug-likeness (QED) is 0.281. The minimum absolute atomic E-state index is 0.0909. The molecular formula is C28H32FN7O4S. The maximum atomic E-state index is 13.9. The molecule has 1 saturated heterocycles. The van der Waals surface area contributed by atoms with E-state index in [9.17, 15) is 18.8 Å². The molecule has 0 spiro atoms. The molecule has 1 aliphatic rings. The van der Waals surface area contributed by atoms with Gasteiger partial charge in [0.05, 0.1) is 35.4 Å². The number of carbonyl (C=O) groups is 1. The summed E-state index contributed by atoms with van der Waals surface area (Å²) in [7, 11) is 1.54. The highest BCUT2D eigenvalue weighted by Crippen LogP contribution is 2.30. The van der Waals surface area contributed by atoms with Crippen LogP contribution in [0.4, 0.5) is 10.3 Å². The molecule has 0 radical (unpaired) electrons. The van der Waals surface area contributed by atoms with E-state index in [0.29, 0.717) is 35.9 Å². The molecule has 216 valence electrons. The molecule has 1 aromatic carbocycles. The van der Waals surface area contributed by atoms with Crippen molar-refractivity contribution in [3.05, 3.63) is 49.9 Å². The summed E-state index contributed by atoms with van der Waals surface area (Å²) >= 11 is 1.28. The Hall–Kier alpha value is -4.02. The number of fused-ring (bicyclic) bond motifs is 2. The molecular weight excluding hydrogens is 549 g/mol. The van der Waals surface area contributed by atoms with Gasteiger partial charge >= 0.3 is 11.7 Å². The molecule has 2 N–H and O–H groups in total. The molecule has 2 atom stereocenters. The summed E-state index contributed by atoms with van der Waals surface area (Å²) in [6, 6.07) is 4.28. The van der Waals surface area contributed by atoms with Crippen LogP contribution in [0.5, 0.6) is 0 Å². The van der Waals surface area contributed by atoms with Gasteiger partial charge in [-0.3, -0.25) is 23.3 Å². The van der Waals surface area contributed by atoms with Crippen molar-refractivity contribution in [2.75, 3.05) is 11.4 Å². The largest absolute Gasteiger partial charge is 0.460 e. The lowest BCUT2D eigenvalue weighted by molar-refractivity contribution is -0.161. The van der Waals surface area contributed by atoms with Gasteiger partial charge in [-0.05, 0) is 52.7 Å². The Morgan fingerprint density at radius 1 is 1.24 bits per heavy atom. The molecule has 5 rings (SSSR count). The average molecular weight is 582 g/mol. The third kappa shape index (κ3) is 5.37. The number of aromatic nitrogens is 5. The Morgan fingerprint density at radius 3 is 2.71 bits per heavy atom. The van der Waals surface area contributed by atoms with Crippen molar-refractivity contribution in [2.24, 2.45) is 18.7 Å². The van der Waals surface area contributed by atoms with Crippen LogP contribution in [0.25, 0.3) is 21.4 Å². The molecule has 0 aliphatic carbocycles. The highest BCUT2D eigenvalue weighted by atomic mass is 32.1. The first-order valence-corrected chi connectivity index (χ1v) is 14.1. The van der Waals surface area contributed by atoms with Crippen molar-refractivity contribution < 1.29 is 13.9 Å². The maximum Gasteiger partial charge on any atom is 0.332 e. The van der Waals surface area contributed by atoms with Gasteiger partial charge in [-0.1, -0.05) is 5.92 Å². The maximum absolute atomic E-state index is 13.9. The Bertz CT molecular complexity index is 1840. The highest BCUT2D eigenvalue weighted by Gasteiger charge is 2.38. The first kappa shape index (κ1) is 28.5. The summed E-state index contributed by atoms with van der Waals surface area (Å²) in [6.07, 6.45) is 0.451. The zero-order valence-electron chi connectivity index (χ0n) is 23.6. The van der Waals surface area contributed by atoms with E-state index in [1.165, 1.54) is 28.0 Å². The predicted octanol–water partition coefficient (Wildman–Crippen LogP) is 2.56.